The van der Waals surface area contributed by atoms with Crippen LogP contribution in [-0.4, -0.2) is 39.4 Å². The maximum atomic E-state index is 12.8. The molecule has 1 unspecified atom stereocenters. The number of sulfonamides is 1. The number of ether oxygens (including phenoxy) is 4. The molecule has 1 fully saturated rings. The van der Waals surface area contributed by atoms with Crippen LogP contribution >= 0.6 is 0 Å². The van der Waals surface area contributed by atoms with Crippen LogP contribution < -0.4 is 29.0 Å². The minimum Gasteiger partial charge on any atom is -0.490 e. The minimum atomic E-state index is -3.96. The quantitative estimate of drug-likeness (QED) is 0.684. The molecule has 0 bridgehead atoms. The Morgan fingerprint density at radius 3 is 2.39 bits per heavy atom. The zero-order chi connectivity index (χ0) is 23.1. The van der Waals surface area contributed by atoms with E-state index in [0.717, 1.165) is 25.7 Å². The van der Waals surface area contributed by atoms with Gasteiger partial charge >= 0.3 is 0 Å². The molecule has 2 N–H and O–H groups in total. The molecule has 0 aromatic heterocycles. The lowest BCUT2D eigenvalue weighted by Crippen LogP contribution is -2.41. The van der Waals surface area contributed by atoms with Crippen molar-refractivity contribution in [2.24, 2.45) is 0 Å². The lowest BCUT2D eigenvalue weighted by Gasteiger charge is -2.21. The van der Waals surface area contributed by atoms with Crippen molar-refractivity contribution in [2.75, 3.05) is 18.5 Å². The lowest BCUT2D eigenvalue weighted by atomic mass is 10.2. The van der Waals surface area contributed by atoms with Crippen LogP contribution in [0.4, 0.5) is 5.69 Å². The number of carbonyl (C=O) groups excluding carboxylic acids is 1. The predicted molar refractivity (Wildman–Crippen MR) is 119 cm³/mol. The first-order valence-corrected chi connectivity index (χ1v) is 12.6. The summed E-state index contributed by atoms with van der Waals surface area (Å²) in [6.07, 6.45) is 4.49. The van der Waals surface area contributed by atoms with Crippen molar-refractivity contribution in [1.82, 2.24) is 4.72 Å². The van der Waals surface area contributed by atoms with Crippen molar-refractivity contribution in [2.45, 2.75) is 55.8 Å². The number of hydrogen-bond donors (Lipinski definition) is 2. The van der Waals surface area contributed by atoms with E-state index in [1.165, 1.54) is 19.1 Å². The van der Waals surface area contributed by atoms with Crippen molar-refractivity contribution in [3.8, 4) is 23.0 Å². The topological polar surface area (TPSA) is 112 Å². The highest BCUT2D eigenvalue weighted by atomic mass is 32.2. The highest BCUT2D eigenvalue weighted by Crippen LogP contribution is 2.47. The van der Waals surface area contributed by atoms with Gasteiger partial charge in [-0.25, -0.2) is 8.42 Å². The number of rotatable bonds is 5. The van der Waals surface area contributed by atoms with Crippen LogP contribution in [0.2, 0.25) is 0 Å². The number of carbonyl (C=O) groups is 1. The molecule has 2 aromatic carbocycles. The fourth-order valence-corrected chi connectivity index (χ4v) is 5.42. The molecule has 33 heavy (non-hydrogen) atoms. The zero-order valence-electron chi connectivity index (χ0n) is 18.3. The molecular weight excluding hydrogens is 448 g/mol. The van der Waals surface area contributed by atoms with E-state index in [9.17, 15) is 13.2 Å². The highest BCUT2D eigenvalue weighted by Gasteiger charge is 2.44. The molecule has 1 atom stereocenters. The first kappa shape index (κ1) is 21.8. The van der Waals surface area contributed by atoms with Crippen LogP contribution in [0.3, 0.4) is 0 Å². The van der Waals surface area contributed by atoms with Gasteiger partial charge in [0.2, 0.25) is 15.9 Å². The summed E-state index contributed by atoms with van der Waals surface area (Å²) in [4.78, 5) is 12.7. The first-order valence-electron chi connectivity index (χ1n) is 11.1. The summed E-state index contributed by atoms with van der Waals surface area (Å²) in [6.45, 7) is 2.44. The van der Waals surface area contributed by atoms with Crippen LogP contribution in [0.25, 0.3) is 0 Å². The molecule has 2 aromatic rings. The SMILES string of the molecule is CC(NS(=O)(=O)c1ccc2c(c1)OCCCO2)C(=O)Nc1ccc2c(c1)OC1(CCCC1)O2. The van der Waals surface area contributed by atoms with E-state index in [0.29, 0.717) is 48.3 Å². The van der Waals surface area contributed by atoms with Crippen molar-refractivity contribution >= 4 is 21.6 Å². The standard InChI is InChI=1S/C23H26N2O7S/c1-15(25-33(27,28)17-6-8-18-20(14-17)30-12-4-11-29-18)22(26)24-16-5-7-19-21(13-16)32-23(31-19)9-2-3-10-23/h5-8,13-15,25H,2-4,9-12H2,1H3,(H,24,26). The Hall–Kier alpha value is -2.98. The third-order valence-corrected chi connectivity index (χ3v) is 7.46. The Kier molecular flexibility index (Phi) is 5.57. The second-order valence-electron chi connectivity index (χ2n) is 8.47. The summed E-state index contributed by atoms with van der Waals surface area (Å²) in [5.74, 6) is 1.01. The summed E-state index contributed by atoms with van der Waals surface area (Å²) in [6, 6.07) is 8.54. The second kappa shape index (κ2) is 8.42. The second-order valence-corrected chi connectivity index (χ2v) is 10.2. The number of nitrogens with one attached hydrogen (secondary N) is 2. The molecular formula is C23H26N2O7S. The van der Waals surface area contributed by atoms with Gasteiger partial charge in [0.15, 0.2) is 23.0 Å². The fourth-order valence-electron chi connectivity index (χ4n) is 4.20. The molecule has 3 aliphatic rings. The Morgan fingerprint density at radius 1 is 0.909 bits per heavy atom. The van der Waals surface area contributed by atoms with Crippen LogP contribution in [0.15, 0.2) is 41.3 Å². The van der Waals surface area contributed by atoms with Crippen molar-refractivity contribution < 1.29 is 32.2 Å². The average molecular weight is 475 g/mol. The fraction of sp³-hybridized carbons (Fsp3) is 0.435. The summed E-state index contributed by atoms with van der Waals surface area (Å²) in [5.41, 5.74) is 0.499. The normalized spacial score (nSPS) is 19.2. The van der Waals surface area contributed by atoms with Gasteiger partial charge in [-0.1, -0.05) is 0 Å². The predicted octanol–water partition coefficient (Wildman–Crippen LogP) is 3.19. The monoisotopic (exact) mass is 474 g/mol. The van der Waals surface area contributed by atoms with Crippen molar-refractivity contribution in [1.29, 1.82) is 0 Å². The number of anilines is 1. The Labute approximate surface area is 192 Å². The summed E-state index contributed by atoms with van der Waals surface area (Å²) in [7, 11) is -3.96. The molecule has 5 rings (SSSR count). The van der Waals surface area contributed by atoms with Gasteiger partial charge in [0.1, 0.15) is 0 Å². The molecule has 1 spiro atoms. The van der Waals surface area contributed by atoms with Gasteiger partial charge < -0.3 is 24.3 Å². The maximum absolute atomic E-state index is 12.8. The van der Waals surface area contributed by atoms with Crippen LogP contribution in [0.5, 0.6) is 23.0 Å². The third-order valence-electron chi connectivity index (χ3n) is 5.92. The van der Waals surface area contributed by atoms with Crippen LogP contribution in [-0.2, 0) is 14.8 Å². The maximum Gasteiger partial charge on any atom is 0.251 e. The van der Waals surface area contributed by atoms with E-state index in [-0.39, 0.29) is 4.90 Å². The molecule has 2 heterocycles. The largest absolute Gasteiger partial charge is 0.490 e. The van der Waals surface area contributed by atoms with E-state index in [1.807, 2.05) is 0 Å². The molecule has 10 heteroatoms. The van der Waals surface area contributed by atoms with Gasteiger partial charge in [0.05, 0.1) is 24.2 Å². The van der Waals surface area contributed by atoms with Crippen molar-refractivity contribution in [3.63, 3.8) is 0 Å². The molecule has 176 valence electrons. The average Bonchev–Trinajstić information content (AvgIpc) is 3.30. The van der Waals surface area contributed by atoms with E-state index in [2.05, 4.69) is 10.0 Å². The molecule has 2 aliphatic heterocycles. The highest BCUT2D eigenvalue weighted by molar-refractivity contribution is 7.89. The smallest absolute Gasteiger partial charge is 0.251 e. The molecule has 1 saturated carbocycles. The van der Waals surface area contributed by atoms with E-state index >= 15 is 0 Å². The third kappa shape index (κ3) is 4.45. The lowest BCUT2D eigenvalue weighted by molar-refractivity contribution is -0.117. The van der Waals surface area contributed by atoms with Gasteiger partial charge in [0.25, 0.3) is 5.79 Å². The number of fused-ring (bicyclic) bond motifs is 2. The number of benzene rings is 2. The molecule has 1 amide bonds. The molecule has 0 saturated heterocycles. The van der Waals surface area contributed by atoms with Gasteiger partial charge in [-0.2, -0.15) is 4.72 Å². The summed E-state index contributed by atoms with van der Waals surface area (Å²) in [5, 5.41) is 2.74. The number of hydrogen-bond acceptors (Lipinski definition) is 7. The van der Waals surface area contributed by atoms with Gasteiger partial charge in [-0.05, 0) is 44.0 Å². The Balaban J connectivity index is 1.25. The first-order chi connectivity index (χ1) is 15.8. The molecule has 9 nitrogen and oxygen atoms in total. The van der Waals surface area contributed by atoms with E-state index < -0.39 is 27.8 Å². The van der Waals surface area contributed by atoms with Crippen LogP contribution in [0.1, 0.15) is 39.0 Å². The van der Waals surface area contributed by atoms with Crippen LogP contribution in [0, 0.1) is 0 Å². The summed E-state index contributed by atoms with van der Waals surface area (Å²) >= 11 is 0. The van der Waals surface area contributed by atoms with Gasteiger partial charge in [-0.3, -0.25) is 4.79 Å². The Morgan fingerprint density at radius 2 is 1.61 bits per heavy atom. The molecule has 1 aliphatic carbocycles. The van der Waals surface area contributed by atoms with Gasteiger partial charge in [-0.15, -0.1) is 0 Å². The van der Waals surface area contributed by atoms with E-state index in [1.54, 1.807) is 24.3 Å². The minimum absolute atomic E-state index is 0.00339. The number of amides is 1. The summed E-state index contributed by atoms with van der Waals surface area (Å²) < 4.78 is 51.2. The molecule has 0 radical (unpaired) electrons. The van der Waals surface area contributed by atoms with E-state index in [4.69, 9.17) is 18.9 Å². The zero-order valence-corrected chi connectivity index (χ0v) is 19.1. The Bertz CT molecular complexity index is 1180. The van der Waals surface area contributed by atoms with Crippen molar-refractivity contribution in [3.05, 3.63) is 36.4 Å². The van der Waals surface area contributed by atoms with Gasteiger partial charge in [0, 0.05) is 37.1 Å².